The first-order valence-corrected chi connectivity index (χ1v) is 7.70. The summed E-state index contributed by atoms with van der Waals surface area (Å²) < 4.78 is 1.83. The molecule has 0 fully saturated rings. The lowest BCUT2D eigenvalue weighted by Gasteiger charge is -2.14. The molecule has 0 spiro atoms. The van der Waals surface area contributed by atoms with Crippen molar-refractivity contribution in [3.63, 3.8) is 0 Å². The van der Waals surface area contributed by atoms with Gasteiger partial charge in [0.25, 0.3) is 0 Å². The third kappa shape index (κ3) is 4.72. The van der Waals surface area contributed by atoms with Crippen molar-refractivity contribution in [2.75, 3.05) is 5.32 Å². The van der Waals surface area contributed by atoms with Gasteiger partial charge in [0.05, 0.1) is 18.4 Å². The normalized spacial score (nSPS) is 12.0. The van der Waals surface area contributed by atoms with Gasteiger partial charge in [-0.1, -0.05) is 36.7 Å². The van der Waals surface area contributed by atoms with E-state index in [1.165, 1.54) is 0 Å². The fourth-order valence-corrected chi connectivity index (χ4v) is 2.32. The molecule has 0 radical (unpaired) electrons. The Bertz CT molecular complexity index is 611. The van der Waals surface area contributed by atoms with Crippen LogP contribution in [0.4, 0.5) is 5.69 Å². The smallest absolute Gasteiger partial charge is 0.171 e. The van der Waals surface area contributed by atoms with Crippen LogP contribution in [0, 0.1) is 0 Å². The van der Waals surface area contributed by atoms with Crippen LogP contribution in [-0.4, -0.2) is 20.9 Å². The highest BCUT2D eigenvalue weighted by molar-refractivity contribution is 7.80. The molecule has 2 rings (SSSR count). The predicted octanol–water partition coefficient (Wildman–Crippen LogP) is 3.67. The molecule has 0 bridgehead atoms. The molecule has 2 N–H and O–H groups in total. The van der Waals surface area contributed by atoms with Crippen LogP contribution in [0.25, 0.3) is 0 Å². The van der Waals surface area contributed by atoms with Crippen molar-refractivity contribution in [3.05, 3.63) is 47.2 Å². The first-order chi connectivity index (χ1) is 10.1. The summed E-state index contributed by atoms with van der Waals surface area (Å²) in [4.78, 5) is 0. The summed E-state index contributed by atoms with van der Waals surface area (Å²) in [5, 5.41) is 12.0. The van der Waals surface area contributed by atoms with Crippen LogP contribution < -0.4 is 10.6 Å². The third-order valence-electron chi connectivity index (χ3n) is 3.17. The fourth-order valence-electron chi connectivity index (χ4n) is 1.81. The Morgan fingerprint density at radius 2 is 2.19 bits per heavy atom. The van der Waals surface area contributed by atoms with Crippen LogP contribution in [0.5, 0.6) is 0 Å². The number of nitrogens with zero attached hydrogens (tertiary/aromatic N) is 2. The molecule has 21 heavy (non-hydrogen) atoms. The number of rotatable bonds is 5. The SMILES string of the molecule is CCC(C)NC(=S)Nc1cnn(Cc2ccccc2Cl)c1. The molecule has 0 aliphatic rings. The van der Waals surface area contributed by atoms with Gasteiger partial charge < -0.3 is 10.6 Å². The number of hydrogen-bond donors (Lipinski definition) is 2. The van der Waals surface area contributed by atoms with Crippen LogP contribution in [-0.2, 0) is 6.54 Å². The average Bonchev–Trinajstić information content (AvgIpc) is 2.88. The Hall–Kier alpha value is -1.59. The molecule has 1 atom stereocenters. The van der Waals surface area contributed by atoms with Gasteiger partial charge in [-0.25, -0.2) is 0 Å². The highest BCUT2D eigenvalue weighted by atomic mass is 35.5. The van der Waals surface area contributed by atoms with Crippen molar-refractivity contribution in [1.82, 2.24) is 15.1 Å². The zero-order valence-electron chi connectivity index (χ0n) is 12.1. The minimum absolute atomic E-state index is 0.350. The number of halogens is 1. The van der Waals surface area contributed by atoms with Crippen molar-refractivity contribution >= 4 is 34.6 Å². The second kappa shape index (κ2) is 7.43. The van der Waals surface area contributed by atoms with Crippen molar-refractivity contribution in [2.24, 2.45) is 0 Å². The quantitative estimate of drug-likeness (QED) is 0.824. The molecule has 0 saturated carbocycles. The van der Waals surface area contributed by atoms with E-state index in [9.17, 15) is 0 Å². The molecule has 112 valence electrons. The number of benzene rings is 1. The van der Waals surface area contributed by atoms with E-state index in [1.54, 1.807) is 6.20 Å². The fraction of sp³-hybridized carbons (Fsp3) is 0.333. The molecule has 0 aliphatic carbocycles. The molecule has 4 nitrogen and oxygen atoms in total. The van der Waals surface area contributed by atoms with Crippen LogP contribution >= 0.6 is 23.8 Å². The van der Waals surface area contributed by atoms with Crippen molar-refractivity contribution < 1.29 is 0 Å². The average molecular weight is 323 g/mol. The van der Waals surface area contributed by atoms with Crippen molar-refractivity contribution in [2.45, 2.75) is 32.9 Å². The number of anilines is 1. The van der Waals surface area contributed by atoms with Gasteiger partial charge >= 0.3 is 0 Å². The monoisotopic (exact) mass is 322 g/mol. The lowest BCUT2D eigenvalue weighted by atomic mass is 10.2. The van der Waals surface area contributed by atoms with Gasteiger partial charge in [-0.15, -0.1) is 0 Å². The van der Waals surface area contributed by atoms with Crippen LogP contribution in [0.3, 0.4) is 0 Å². The van der Waals surface area contributed by atoms with E-state index in [0.717, 1.165) is 22.7 Å². The maximum Gasteiger partial charge on any atom is 0.171 e. The summed E-state index contributed by atoms with van der Waals surface area (Å²) in [5.41, 5.74) is 1.90. The highest BCUT2D eigenvalue weighted by Gasteiger charge is 2.05. The lowest BCUT2D eigenvalue weighted by Crippen LogP contribution is -2.35. The Morgan fingerprint density at radius 3 is 2.90 bits per heavy atom. The maximum absolute atomic E-state index is 6.15. The molecular formula is C15H19ClN4S. The Labute approximate surface area is 135 Å². The maximum atomic E-state index is 6.15. The van der Waals surface area contributed by atoms with Gasteiger partial charge in [0.15, 0.2) is 5.11 Å². The summed E-state index contributed by atoms with van der Waals surface area (Å²) >= 11 is 11.4. The first kappa shape index (κ1) is 15.8. The summed E-state index contributed by atoms with van der Waals surface area (Å²) in [7, 11) is 0. The van der Waals surface area contributed by atoms with Crippen LogP contribution in [0.2, 0.25) is 5.02 Å². The topological polar surface area (TPSA) is 41.9 Å². The largest absolute Gasteiger partial charge is 0.360 e. The second-order valence-corrected chi connectivity index (χ2v) is 5.74. The standard InChI is InChI=1S/C15H19ClN4S/c1-3-11(2)18-15(21)19-13-8-17-20(10-13)9-12-6-4-5-7-14(12)16/h4-8,10-11H,3,9H2,1-2H3,(H2,18,19,21). The van der Waals surface area contributed by atoms with E-state index in [-0.39, 0.29) is 0 Å². The van der Waals surface area contributed by atoms with Gasteiger partial charge in [0, 0.05) is 17.3 Å². The molecule has 0 aliphatic heterocycles. The zero-order valence-corrected chi connectivity index (χ0v) is 13.7. The van der Waals surface area contributed by atoms with E-state index < -0.39 is 0 Å². The van der Waals surface area contributed by atoms with Crippen LogP contribution in [0.15, 0.2) is 36.7 Å². The summed E-state index contributed by atoms with van der Waals surface area (Å²) in [6, 6.07) is 8.11. The van der Waals surface area contributed by atoms with E-state index >= 15 is 0 Å². The minimum atomic E-state index is 0.350. The molecule has 2 aromatic rings. The summed E-state index contributed by atoms with van der Waals surface area (Å²) in [6.45, 7) is 4.84. The minimum Gasteiger partial charge on any atom is -0.360 e. The number of hydrogen-bond acceptors (Lipinski definition) is 2. The molecule has 0 amide bonds. The zero-order chi connectivity index (χ0) is 15.2. The molecular weight excluding hydrogens is 304 g/mol. The predicted molar refractivity (Wildman–Crippen MR) is 91.9 cm³/mol. The van der Waals surface area contributed by atoms with E-state index in [4.69, 9.17) is 23.8 Å². The Kier molecular flexibility index (Phi) is 5.59. The lowest BCUT2D eigenvalue weighted by molar-refractivity contribution is 0.646. The summed E-state index contributed by atoms with van der Waals surface area (Å²) in [5.74, 6) is 0. The van der Waals surface area contributed by atoms with Gasteiger partial charge in [0.2, 0.25) is 0 Å². The van der Waals surface area contributed by atoms with E-state index in [2.05, 4.69) is 29.6 Å². The van der Waals surface area contributed by atoms with E-state index in [1.807, 2.05) is 35.1 Å². The number of aromatic nitrogens is 2. The van der Waals surface area contributed by atoms with Crippen molar-refractivity contribution in [1.29, 1.82) is 0 Å². The van der Waals surface area contributed by atoms with Crippen molar-refractivity contribution in [3.8, 4) is 0 Å². The van der Waals surface area contributed by atoms with E-state index in [0.29, 0.717) is 17.7 Å². The second-order valence-electron chi connectivity index (χ2n) is 4.93. The Balaban J connectivity index is 1.96. The third-order valence-corrected chi connectivity index (χ3v) is 3.76. The van der Waals surface area contributed by atoms with Gasteiger partial charge in [-0.3, -0.25) is 4.68 Å². The molecule has 6 heteroatoms. The molecule has 1 aromatic heterocycles. The van der Waals surface area contributed by atoms with Gasteiger partial charge in [0.1, 0.15) is 0 Å². The number of thiocarbonyl (C=S) groups is 1. The number of nitrogens with one attached hydrogen (secondary N) is 2. The Morgan fingerprint density at radius 1 is 1.43 bits per heavy atom. The van der Waals surface area contributed by atoms with Gasteiger partial charge in [-0.2, -0.15) is 5.10 Å². The highest BCUT2D eigenvalue weighted by Crippen LogP contribution is 2.16. The molecule has 1 heterocycles. The molecule has 0 saturated heterocycles. The molecule has 1 aromatic carbocycles. The molecule has 1 unspecified atom stereocenters. The van der Waals surface area contributed by atoms with Gasteiger partial charge in [-0.05, 0) is 37.2 Å². The summed E-state index contributed by atoms with van der Waals surface area (Å²) in [6.07, 6.45) is 4.68. The first-order valence-electron chi connectivity index (χ1n) is 6.92. The van der Waals surface area contributed by atoms with Crippen LogP contribution in [0.1, 0.15) is 25.8 Å².